The highest BCUT2D eigenvalue weighted by molar-refractivity contribution is 7.19. The molecule has 1 heterocycles. The van der Waals surface area contributed by atoms with Crippen LogP contribution in [0.3, 0.4) is 0 Å². The van der Waals surface area contributed by atoms with Gasteiger partial charge in [0, 0.05) is 10.1 Å². The van der Waals surface area contributed by atoms with Gasteiger partial charge in [-0.1, -0.05) is 11.6 Å². The Morgan fingerprint density at radius 2 is 2.00 bits per heavy atom. The second-order valence-corrected chi connectivity index (χ2v) is 4.16. The maximum atomic E-state index is 13.4. The summed E-state index contributed by atoms with van der Waals surface area (Å²) in [7, 11) is 0. The van der Waals surface area contributed by atoms with Crippen molar-refractivity contribution in [3.63, 3.8) is 0 Å². The minimum Gasteiger partial charge on any atom is -0.205 e. The lowest BCUT2D eigenvalue weighted by Gasteiger charge is -1.93. The Morgan fingerprint density at radius 1 is 1.29 bits per heavy atom. The minimum atomic E-state index is -2.73. The van der Waals surface area contributed by atoms with Crippen LogP contribution in [0.15, 0.2) is 18.2 Å². The van der Waals surface area contributed by atoms with Crippen LogP contribution in [0.1, 0.15) is 16.9 Å². The summed E-state index contributed by atoms with van der Waals surface area (Å²) in [6.45, 7) is 1.80. The molecule has 0 nitrogen and oxygen atoms in total. The highest BCUT2D eigenvalue weighted by atomic mass is 32.1. The van der Waals surface area contributed by atoms with Crippen molar-refractivity contribution in [2.75, 3.05) is 0 Å². The van der Waals surface area contributed by atoms with E-state index >= 15 is 0 Å². The van der Waals surface area contributed by atoms with Gasteiger partial charge in [0.25, 0.3) is 6.43 Å². The normalized spacial score (nSPS) is 11.5. The summed E-state index contributed by atoms with van der Waals surface area (Å²) in [4.78, 5) is -0.467. The molecular formula is C10H7F3S. The van der Waals surface area contributed by atoms with E-state index < -0.39 is 17.1 Å². The van der Waals surface area contributed by atoms with E-state index in [1.807, 2.05) is 0 Å². The number of rotatable bonds is 1. The summed E-state index contributed by atoms with van der Waals surface area (Å²) in [6, 6.07) is 5.05. The first-order valence-corrected chi connectivity index (χ1v) is 4.88. The highest BCUT2D eigenvalue weighted by Crippen LogP contribution is 2.36. The van der Waals surface area contributed by atoms with E-state index in [2.05, 4.69) is 0 Å². The SMILES string of the molecule is Cc1ccc2sc(C(F)F)c(F)c2c1. The smallest absolute Gasteiger partial charge is 0.205 e. The summed E-state index contributed by atoms with van der Waals surface area (Å²) < 4.78 is 38.6. The van der Waals surface area contributed by atoms with Gasteiger partial charge in [0.05, 0.1) is 0 Å². The predicted octanol–water partition coefficient (Wildman–Crippen LogP) is 4.29. The molecule has 14 heavy (non-hydrogen) atoms. The van der Waals surface area contributed by atoms with Gasteiger partial charge in [-0.05, 0) is 19.1 Å². The quantitative estimate of drug-likeness (QED) is 0.667. The van der Waals surface area contributed by atoms with Crippen molar-refractivity contribution >= 4 is 21.4 Å². The Hall–Kier alpha value is -1.03. The second kappa shape index (κ2) is 3.28. The van der Waals surface area contributed by atoms with E-state index in [0.29, 0.717) is 10.1 Å². The first-order valence-electron chi connectivity index (χ1n) is 4.06. The summed E-state index contributed by atoms with van der Waals surface area (Å²) in [5.41, 5.74) is 0.870. The van der Waals surface area contributed by atoms with Crippen LogP contribution in [0.2, 0.25) is 0 Å². The molecule has 0 amide bonds. The fourth-order valence-corrected chi connectivity index (χ4v) is 2.26. The molecule has 0 saturated heterocycles. The van der Waals surface area contributed by atoms with Gasteiger partial charge in [-0.2, -0.15) is 0 Å². The van der Waals surface area contributed by atoms with Crippen LogP contribution in [0, 0.1) is 12.7 Å². The third-order valence-corrected chi connectivity index (χ3v) is 3.16. The molecule has 74 valence electrons. The molecule has 0 aliphatic rings. The van der Waals surface area contributed by atoms with Gasteiger partial charge in [-0.25, -0.2) is 13.2 Å². The van der Waals surface area contributed by atoms with E-state index in [4.69, 9.17) is 0 Å². The minimum absolute atomic E-state index is 0.297. The fraction of sp³-hybridized carbons (Fsp3) is 0.200. The maximum absolute atomic E-state index is 13.4. The first-order chi connectivity index (χ1) is 6.59. The Balaban J connectivity index is 2.74. The number of halogens is 3. The number of thiophene rings is 1. The topological polar surface area (TPSA) is 0 Å². The standard InChI is InChI=1S/C10H7F3S/c1-5-2-3-7-6(4-5)8(11)9(14-7)10(12)13/h2-4,10H,1H3. The van der Waals surface area contributed by atoms with Crippen LogP contribution in [0.4, 0.5) is 13.2 Å². The van der Waals surface area contributed by atoms with Gasteiger partial charge < -0.3 is 0 Å². The van der Waals surface area contributed by atoms with Gasteiger partial charge in [0.2, 0.25) is 0 Å². The highest BCUT2D eigenvalue weighted by Gasteiger charge is 2.19. The zero-order valence-corrected chi connectivity index (χ0v) is 8.17. The molecule has 2 rings (SSSR count). The van der Waals surface area contributed by atoms with Gasteiger partial charge in [0.15, 0.2) is 5.82 Å². The van der Waals surface area contributed by atoms with Gasteiger partial charge in [0.1, 0.15) is 4.88 Å². The molecule has 4 heteroatoms. The average Bonchev–Trinajstić information content (AvgIpc) is 2.44. The molecule has 0 spiro atoms. The fourth-order valence-electron chi connectivity index (χ4n) is 1.34. The molecule has 0 N–H and O–H groups in total. The molecule has 0 bridgehead atoms. The summed E-state index contributed by atoms with van der Waals surface area (Å²) in [5, 5.41) is 0.297. The molecule has 0 unspecified atom stereocenters. The zero-order valence-electron chi connectivity index (χ0n) is 7.35. The number of benzene rings is 1. The van der Waals surface area contributed by atoms with Gasteiger partial charge in [-0.3, -0.25) is 0 Å². The molecule has 1 aromatic carbocycles. The van der Waals surface area contributed by atoms with Gasteiger partial charge in [-0.15, -0.1) is 11.3 Å². The van der Waals surface area contributed by atoms with Crippen LogP contribution < -0.4 is 0 Å². The lowest BCUT2D eigenvalue weighted by molar-refractivity contribution is 0.151. The van der Waals surface area contributed by atoms with E-state index in [-0.39, 0.29) is 0 Å². The molecule has 1 aromatic heterocycles. The van der Waals surface area contributed by atoms with E-state index in [9.17, 15) is 13.2 Å². The molecule has 0 radical (unpaired) electrons. The van der Waals surface area contributed by atoms with Gasteiger partial charge >= 0.3 is 0 Å². The van der Waals surface area contributed by atoms with E-state index in [1.165, 1.54) is 0 Å². The molecule has 0 fully saturated rings. The summed E-state index contributed by atoms with van der Waals surface area (Å²) >= 11 is 0.816. The number of aryl methyl sites for hydroxylation is 1. The molecule has 0 saturated carbocycles. The van der Waals surface area contributed by atoms with E-state index in [1.54, 1.807) is 25.1 Å². The summed E-state index contributed by atoms with van der Waals surface area (Å²) in [5.74, 6) is -0.774. The predicted molar refractivity (Wildman–Crippen MR) is 51.5 cm³/mol. The van der Waals surface area contributed by atoms with Crippen molar-refractivity contribution in [1.82, 2.24) is 0 Å². The molecule has 0 aliphatic heterocycles. The van der Waals surface area contributed by atoms with E-state index in [0.717, 1.165) is 16.9 Å². The number of alkyl halides is 2. The lowest BCUT2D eigenvalue weighted by atomic mass is 10.2. The van der Waals surface area contributed by atoms with Crippen molar-refractivity contribution < 1.29 is 13.2 Å². The third kappa shape index (κ3) is 1.39. The Morgan fingerprint density at radius 3 is 2.64 bits per heavy atom. The van der Waals surface area contributed by atoms with Crippen LogP contribution >= 0.6 is 11.3 Å². The van der Waals surface area contributed by atoms with Crippen LogP contribution in [0.5, 0.6) is 0 Å². The second-order valence-electron chi connectivity index (χ2n) is 3.08. The first kappa shape index (κ1) is 9.52. The Kier molecular flexibility index (Phi) is 2.23. The van der Waals surface area contributed by atoms with Crippen molar-refractivity contribution in [3.05, 3.63) is 34.5 Å². The Labute approximate surface area is 83.0 Å². The maximum Gasteiger partial charge on any atom is 0.275 e. The van der Waals surface area contributed by atoms with Crippen LogP contribution in [-0.4, -0.2) is 0 Å². The van der Waals surface area contributed by atoms with Crippen molar-refractivity contribution in [1.29, 1.82) is 0 Å². The summed E-state index contributed by atoms with van der Waals surface area (Å²) in [6.07, 6.45) is -2.73. The third-order valence-electron chi connectivity index (χ3n) is 2.01. The van der Waals surface area contributed by atoms with Crippen LogP contribution in [0.25, 0.3) is 10.1 Å². The number of hydrogen-bond donors (Lipinski definition) is 0. The molecule has 2 aromatic rings. The number of fused-ring (bicyclic) bond motifs is 1. The molecule has 0 atom stereocenters. The monoisotopic (exact) mass is 216 g/mol. The Bertz CT molecular complexity index is 473. The van der Waals surface area contributed by atoms with Crippen LogP contribution in [-0.2, 0) is 0 Å². The molecular weight excluding hydrogens is 209 g/mol. The largest absolute Gasteiger partial charge is 0.275 e. The van der Waals surface area contributed by atoms with Crippen molar-refractivity contribution in [2.24, 2.45) is 0 Å². The number of hydrogen-bond acceptors (Lipinski definition) is 1. The zero-order chi connectivity index (χ0) is 10.3. The van der Waals surface area contributed by atoms with Crippen molar-refractivity contribution in [3.8, 4) is 0 Å². The lowest BCUT2D eigenvalue weighted by Crippen LogP contribution is -1.82. The van der Waals surface area contributed by atoms with Crippen molar-refractivity contribution in [2.45, 2.75) is 13.3 Å². The average molecular weight is 216 g/mol. The molecule has 0 aliphatic carbocycles.